The predicted molar refractivity (Wildman–Crippen MR) is 122 cm³/mol. The summed E-state index contributed by atoms with van der Waals surface area (Å²) in [6.45, 7) is 11.6. The van der Waals surface area contributed by atoms with Crippen molar-refractivity contribution in [3.63, 3.8) is 0 Å². The molecule has 0 aromatic rings. The van der Waals surface area contributed by atoms with Gasteiger partial charge in [-0.1, -0.05) is 59.3 Å². The van der Waals surface area contributed by atoms with Gasteiger partial charge in [0.15, 0.2) is 0 Å². The maximum Gasteiger partial charge on any atom is 0.481 e. The largest absolute Gasteiger partial charge is 0.481 e. The summed E-state index contributed by atoms with van der Waals surface area (Å²) in [5, 5.41) is 0. The average Bonchev–Trinajstić information content (AvgIpc) is 2.59. The fourth-order valence-electron chi connectivity index (χ4n) is 2.44. The molecule has 0 aliphatic rings. The van der Waals surface area contributed by atoms with E-state index in [2.05, 4.69) is 54.4 Å². The summed E-state index contributed by atoms with van der Waals surface area (Å²) in [7, 11) is -9.86. The predicted octanol–water partition coefficient (Wildman–Crippen LogP) is 6.52. The summed E-state index contributed by atoms with van der Waals surface area (Å²) in [4.78, 5) is 26.3. The van der Waals surface area contributed by atoms with Crippen molar-refractivity contribution in [2.45, 2.75) is 66.2 Å². The van der Waals surface area contributed by atoms with Gasteiger partial charge in [-0.05, 0) is 66.2 Å². The van der Waals surface area contributed by atoms with E-state index >= 15 is 0 Å². The van der Waals surface area contributed by atoms with Gasteiger partial charge < -0.3 is 14.7 Å². The smallest absolute Gasteiger partial charge is 0.302 e. The second-order valence-electron chi connectivity index (χ2n) is 7.26. The second kappa shape index (κ2) is 14.9. The molecule has 0 radical (unpaired) electrons. The summed E-state index contributed by atoms with van der Waals surface area (Å²) >= 11 is 0. The van der Waals surface area contributed by atoms with Gasteiger partial charge in [0.25, 0.3) is 0 Å². The van der Waals surface area contributed by atoms with Gasteiger partial charge >= 0.3 is 15.6 Å². The molecule has 0 aliphatic heterocycles. The monoisotopic (exact) mass is 462 g/mol. The molecule has 1 atom stereocenters. The summed E-state index contributed by atoms with van der Waals surface area (Å²) in [6.07, 6.45) is 15.8. The van der Waals surface area contributed by atoms with Crippen molar-refractivity contribution >= 4 is 15.6 Å². The van der Waals surface area contributed by atoms with E-state index < -0.39 is 15.6 Å². The first kappa shape index (κ1) is 29.0. The Labute approximate surface area is 180 Å². The topological polar surface area (TPSA) is 113 Å². The van der Waals surface area contributed by atoms with Crippen LogP contribution in [-0.2, 0) is 18.0 Å². The third-order valence-corrected chi connectivity index (χ3v) is 6.42. The molecule has 30 heavy (non-hydrogen) atoms. The van der Waals surface area contributed by atoms with Crippen LogP contribution in [0.25, 0.3) is 0 Å². The van der Waals surface area contributed by atoms with Crippen LogP contribution >= 0.6 is 15.6 Å². The summed E-state index contributed by atoms with van der Waals surface area (Å²) < 4.78 is 30.1. The van der Waals surface area contributed by atoms with Gasteiger partial charge in [-0.3, -0.25) is 4.52 Å². The molecule has 0 fully saturated rings. The third-order valence-electron chi connectivity index (χ3n) is 4.27. The Balaban J connectivity index is 4.22. The molecule has 0 rings (SSSR count). The molecule has 0 spiro atoms. The van der Waals surface area contributed by atoms with Crippen LogP contribution in [0, 0.1) is 0 Å². The molecule has 3 N–H and O–H groups in total. The van der Waals surface area contributed by atoms with Gasteiger partial charge in [-0.25, -0.2) is 9.13 Å². The number of rotatable bonds is 15. The standard InChI is InChI=1S/C21H36O7P2/c1-6-18(2)10-7-11-19(3)12-8-13-20(4)14-9-15-21(5)16-17-27-30(25,26)28-29(22,23)24/h6,10,12,14,16H,1,7-9,11,13,15,17H2,2-5H3,(H,25,26)(H2,22,23,24). The van der Waals surface area contributed by atoms with Gasteiger partial charge in [-0.2, -0.15) is 4.31 Å². The lowest BCUT2D eigenvalue weighted by Gasteiger charge is -2.11. The van der Waals surface area contributed by atoms with E-state index in [9.17, 15) is 14.0 Å². The quantitative estimate of drug-likeness (QED) is 0.144. The van der Waals surface area contributed by atoms with Crippen LogP contribution < -0.4 is 0 Å². The van der Waals surface area contributed by atoms with Crippen molar-refractivity contribution in [1.29, 1.82) is 0 Å². The zero-order chi connectivity index (χ0) is 23.2. The second-order valence-corrected chi connectivity index (χ2v) is 10.1. The highest BCUT2D eigenvalue weighted by Gasteiger charge is 2.31. The number of hydrogen-bond acceptors (Lipinski definition) is 4. The number of hydrogen-bond donors (Lipinski definition) is 3. The molecule has 7 nitrogen and oxygen atoms in total. The molecule has 0 bridgehead atoms. The minimum absolute atomic E-state index is 0.270. The Bertz CT molecular complexity index is 757. The molecule has 172 valence electrons. The first-order valence-electron chi connectivity index (χ1n) is 9.85. The Morgan fingerprint density at radius 3 is 1.67 bits per heavy atom. The van der Waals surface area contributed by atoms with Crippen molar-refractivity contribution in [3.05, 3.63) is 59.3 Å². The minimum atomic E-state index is -5.08. The molecular weight excluding hydrogens is 426 g/mol. The average molecular weight is 462 g/mol. The third kappa shape index (κ3) is 17.8. The highest BCUT2D eigenvalue weighted by molar-refractivity contribution is 7.60. The normalized spacial score (nSPS) is 16.5. The Hall–Kier alpha value is -1.04. The van der Waals surface area contributed by atoms with Crippen molar-refractivity contribution in [2.75, 3.05) is 6.61 Å². The Kier molecular flexibility index (Phi) is 14.4. The lowest BCUT2D eigenvalue weighted by atomic mass is 10.0. The lowest BCUT2D eigenvalue weighted by molar-refractivity contribution is 0.191. The number of phosphoric ester groups is 1. The summed E-state index contributed by atoms with van der Waals surface area (Å²) in [5.41, 5.74) is 4.84. The Morgan fingerprint density at radius 1 is 0.800 bits per heavy atom. The molecule has 0 aromatic carbocycles. The minimum Gasteiger partial charge on any atom is -0.302 e. The molecule has 1 unspecified atom stereocenters. The van der Waals surface area contributed by atoms with Crippen molar-refractivity contribution < 1.29 is 32.6 Å². The maximum atomic E-state index is 11.3. The van der Waals surface area contributed by atoms with Crippen molar-refractivity contribution in [2.24, 2.45) is 0 Å². The highest BCUT2D eigenvalue weighted by Crippen LogP contribution is 2.57. The SMILES string of the molecule is C=CC(C)=CCCC(C)=CCCC(C)=CCCC(C)=CCOP(=O)(O)OP(=O)(O)O. The first-order valence-corrected chi connectivity index (χ1v) is 12.9. The zero-order valence-corrected chi connectivity index (χ0v) is 20.2. The zero-order valence-electron chi connectivity index (χ0n) is 18.4. The number of phosphoric acid groups is 2. The lowest BCUT2D eigenvalue weighted by Crippen LogP contribution is -1.94. The van der Waals surface area contributed by atoms with Gasteiger partial charge in [0.05, 0.1) is 6.61 Å². The first-order chi connectivity index (χ1) is 13.8. The molecule has 0 amide bonds. The van der Waals surface area contributed by atoms with E-state index in [0.717, 1.165) is 44.1 Å². The molecule has 0 saturated carbocycles. The van der Waals surface area contributed by atoms with Crippen LogP contribution in [-0.4, -0.2) is 21.3 Å². The van der Waals surface area contributed by atoms with Crippen LogP contribution in [0.2, 0.25) is 0 Å². The van der Waals surface area contributed by atoms with E-state index in [1.165, 1.54) is 16.7 Å². The van der Waals surface area contributed by atoms with Crippen molar-refractivity contribution in [1.82, 2.24) is 0 Å². The molecule has 0 aromatic heterocycles. The van der Waals surface area contributed by atoms with Crippen LogP contribution in [0.1, 0.15) is 66.2 Å². The van der Waals surface area contributed by atoms with E-state index in [1.54, 1.807) is 6.08 Å². The van der Waals surface area contributed by atoms with Gasteiger partial charge in [0.2, 0.25) is 0 Å². The van der Waals surface area contributed by atoms with E-state index in [-0.39, 0.29) is 6.61 Å². The van der Waals surface area contributed by atoms with E-state index in [0.29, 0.717) is 0 Å². The van der Waals surface area contributed by atoms with Crippen molar-refractivity contribution in [3.8, 4) is 0 Å². The van der Waals surface area contributed by atoms with Gasteiger partial charge in [0.1, 0.15) is 0 Å². The Morgan fingerprint density at radius 2 is 1.23 bits per heavy atom. The van der Waals surface area contributed by atoms with E-state index in [1.807, 2.05) is 13.0 Å². The van der Waals surface area contributed by atoms with Crippen LogP contribution in [0.5, 0.6) is 0 Å². The highest BCUT2D eigenvalue weighted by atomic mass is 31.3. The van der Waals surface area contributed by atoms with Crippen LogP contribution in [0.4, 0.5) is 0 Å². The van der Waals surface area contributed by atoms with E-state index in [4.69, 9.17) is 9.79 Å². The fourth-order valence-corrected chi connectivity index (χ4v) is 3.97. The summed E-state index contributed by atoms with van der Waals surface area (Å²) in [6, 6.07) is 0. The summed E-state index contributed by atoms with van der Waals surface area (Å²) in [5.74, 6) is 0. The van der Waals surface area contributed by atoms with Gasteiger partial charge in [-0.15, -0.1) is 0 Å². The molecule has 0 saturated heterocycles. The van der Waals surface area contributed by atoms with Crippen LogP contribution in [0.3, 0.4) is 0 Å². The molecule has 9 heteroatoms. The fraction of sp³-hybridized carbons (Fsp3) is 0.524. The van der Waals surface area contributed by atoms with Gasteiger partial charge in [0, 0.05) is 0 Å². The molecule has 0 heterocycles. The number of allylic oxidation sites excluding steroid dienone is 8. The molecular formula is C21H36O7P2. The molecule has 0 aliphatic carbocycles. The maximum absolute atomic E-state index is 11.3. The van der Waals surface area contributed by atoms with Crippen LogP contribution in [0.15, 0.2) is 59.3 Å².